The van der Waals surface area contributed by atoms with E-state index in [1.165, 1.54) is 30.2 Å². The van der Waals surface area contributed by atoms with Gasteiger partial charge in [-0.15, -0.1) is 11.3 Å². The molecule has 6 rings (SSSR count). The fraction of sp³-hybridized carbons (Fsp3) is 0.581. The number of urea groups is 2. The van der Waals surface area contributed by atoms with E-state index in [1.54, 1.807) is 14.7 Å². The first-order valence-corrected chi connectivity index (χ1v) is 17.2. The summed E-state index contributed by atoms with van der Waals surface area (Å²) in [5.41, 5.74) is 6.05. The van der Waals surface area contributed by atoms with E-state index in [4.69, 9.17) is 17.3 Å². The minimum Gasteiger partial charge on any atom is -0.397 e. The Hall–Kier alpha value is -3.23. The molecule has 0 radical (unpaired) electrons. The molecule has 1 aromatic carbocycles. The summed E-state index contributed by atoms with van der Waals surface area (Å²) in [5.74, 6) is -0.332. The molecule has 5 heterocycles. The van der Waals surface area contributed by atoms with Gasteiger partial charge in [0.25, 0.3) is 0 Å². The highest BCUT2D eigenvalue weighted by molar-refractivity contribution is 7.08. The molecule has 4 aliphatic rings. The summed E-state index contributed by atoms with van der Waals surface area (Å²) in [5, 5.41) is 9.44. The Morgan fingerprint density at radius 3 is 2.33 bits per heavy atom. The average molecular weight is 682 g/mol. The average Bonchev–Trinajstić information content (AvgIpc) is 3.74. The summed E-state index contributed by atoms with van der Waals surface area (Å²) < 4.78 is 41.2. The number of benzene rings is 1. The van der Waals surface area contributed by atoms with Crippen molar-refractivity contribution in [1.82, 2.24) is 24.9 Å². The molecule has 3 fully saturated rings. The lowest BCUT2D eigenvalue weighted by Gasteiger charge is -2.41. The van der Waals surface area contributed by atoms with Crippen LogP contribution in [0.1, 0.15) is 55.2 Å². The third-order valence-corrected chi connectivity index (χ3v) is 10.8. The number of hydrogen-bond acceptors (Lipinski definition) is 6. The third-order valence-electron chi connectivity index (χ3n) is 9.74. The number of piperidine rings is 2. The van der Waals surface area contributed by atoms with Gasteiger partial charge in [0.1, 0.15) is 6.04 Å². The zero-order chi connectivity index (χ0) is 32.6. The smallest absolute Gasteiger partial charge is 0.397 e. The van der Waals surface area contributed by atoms with Crippen LogP contribution in [-0.4, -0.2) is 95.0 Å². The zero-order valence-electron chi connectivity index (χ0n) is 25.5. The van der Waals surface area contributed by atoms with Gasteiger partial charge < -0.3 is 36.0 Å². The fourth-order valence-electron chi connectivity index (χ4n) is 7.15. The van der Waals surface area contributed by atoms with Crippen LogP contribution < -0.4 is 16.4 Å². The predicted molar refractivity (Wildman–Crippen MR) is 171 cm³/mol. The SMILES string of the molecule is Nc1c(Cl)cc(C[C@@H](NC(=O)N2CCC(N3Cc4cscc4NC3=O)CC2)C(=O)N2CCC(N3CCCC3)CC2)cc1C(F)(F)F. The van der Waals surface area contributed by atoms with Crippen molar-refractivity contribution in [3.63, 3.8) is 0 Å². The minimum absolute atomic E-state index is 0.0517. The second kappa shape index (κ2) is 13.5. The summed E-state index contributed by atoms with van der Waals surface area (Å²) in [6, 6.07) is 0.855. The molecule has 250 valence electrons. The van der Waals surface area contributed by atoms with Crippen molar-refractivity contribution in [3.05, 3.63) is 44.6 Å². The molecule has 1 atom stereocenters. The van der Waals surface area contributed by atoms with E-state index >= 15 is 0 Å². The Bertz CT molecular complexity index is 1450. The van der Waals surface area contributed by atoms with Crippen molar-refractivity contribution in [1.29, 1.82) is 0 Å². The van der Waals surface area contributed by atoms with Crippen molar-refractivity contribution in [2.24, 2.45) is 0 Å². The number of amides is 5. The van der Waals surface area contributed by atoms with Crippen molar-refractivity contribution >= 4 is 52.3 Å². The molecule has 0 bridgehead atoms. The number of rotatable bonds is 6. The van der Waals surface area contributed by atoms with Crippen LogP contribution in [0.15, 0.2) is 22.9 Å². The maximum absolute atomic E-state index is 13.9. The molecule has 4 aliphatic heterocycles. The van der Waals surface area contributed by atoms with Crippen LogP contribution >= 0.6 is 22.9 Å². The van der Waals surface area contributed by atoms with Crippen molar-refractivity contribution in [3.8, 4) is 0 Å². The van der Waals surface area contributed by atoms with Crippen LogP contribution in [0.25, 0.3) is 0 Å². The standard InChI is InChI=1S/C31H39ClF3N7O3S/c32-24-14-19(13-23(27(24)36)31(33,34)35)15-25(28(43)40-9-3-21(4-10-40)39-7-1-2-8-39)37-29(44)41-11-5-22(6-12-41)42-16-20-17-46-18-26(20)38-30(42)45/h13-14,17-18,21-22,25H,1-12,15-16,36H2,(H,37,44)(H,38,45)/t25-/m1/s1. The first kappa shape index (κ1) is 32.7. The van der Waals surface area contributed by atoms with Gasteiger partial charge in [-0.05, 0) is 74.7 Å². The number of nitrogen functional groups attached to an aromatic ring is 1. The number of nitrogens with two attached hydrogens (primary N) is 1. The minimum atomic E-state index is -4.73. The zero-order valence-corrected chi connectivity index (χ0v) is 27.0. The van der Waals surface area contributed by atoms with E-state index in [-0.39, 0.29) is 35.0 Å². The molecule has 0 saturated carbocycles. The van der Waals surface area contributed by atoms with E-state index in [2.05, 4.69) is 15.5 Å². The van der Waals surface area contributed by atoms with Gasteiger partial charge in [-0.25, -0.2) is 9.59 Å². The number of nitrogens with zero attached hydrogens (tertiary/aromatic N) is 4. The molecule has 5 amide bonds. The van der Waals surface area contributed by atoms with Crippen LogP contribution in [0.3, 0.4) is 0 Å². The number of carbonyl (C=O) groups is 3. The van der Waals surface area contributed by atoms with Crippen LogP contribution in [0, 0.1) is 0 Å². The van der Waals surface area contributed by atoms with E-state index in [1.807, 2.05) is 10.8 Å². The highest BCUT2D eigenvalue weighted by Crippen LogP contribution is 2.38. The van der Waals surface area contributed by atoms with Gasteiger partial charge in [0.15, 0.2) is 0 Å². The monoisotopic (exact) mass is 681 g/mol. The number of alkyl halides is 3. The number of carbonyl (C=O) groups excluding carboxylic acids is 3. The van der Waals surface area contributed by atoms with Gasteiger partial charge in [0.2, 0.25) is 5.91 Å². The first-order valence-electron chi connectivity index (χ1n) is 15.8. The molecule has 46 heavy (non-hydrogen) atoms. The highest BCUT2D eigenvalue weighted by atomic mass is 35.5. The normalized spacial score (nSPS) is 20.9. The summed E-state index contributed by atoms with van der Waals surface area (Å²) in [6.07, 6.45) is 0.185. The Kier molecular flexibility index (Phi) is 9.58. The lowest BCUT2D eigenvalue weighted by Crippen LogP contribution is -2.57. The van der Waals surface area contributed by atoms with Crippen molar-refractivity contribution in [2.75, 3.05) is 50.3 Å². The second-order valence-electron chi connectivity index (χ2n) is 12.6. The molecule has 3 saturated heterocycles. The molecule has 0 unspecified atom stereocenters. The fourth-order valence-corrected chi connectivity index (χ4v) is 8.18. The molecular weight excluding hydrogens is 643 g/mol. The summed E-state index contributed by atoms with van der Waals surface area (Å²) >= 11 is 7.63. The molecular formula is C31H39ClF3N7O3S. The van der Waals surface area contributed by atoms with E-state index < -0.39 is 29.5 Å². The van der Waals surface area contributed by atoms with E-state index in [0.717, 1.165) is 43.2 Å². The van der Waals surface area contributed by atoms with Crippen LogP contribution in [-0.2, 0) is 23.9 Å². The Balaban J connectivity index is 1.13. The first-order chi connectivity index (χ1) is 22.0. The Morgan fingerprint density at radius 2 is 1.65 bits per heavy atom. The summed E-state index contributed by atoms with van der Waals surface area (Å²) in [7, 11) is 0. The maximum Gasteiger partial charge on any atom is 0.418 e. The topological polar surface area (TPSA) is 114 Å². The number of hydrogen-bond donors (Lipinski definition) is 3. The Morgan fingerprint density at radius 1 is 1.00 bits per heavy atom. The number of halogens is 4. The van der Waals surface area contributed by atoms with Crippen LogP contribution in [0.5, 0.6) is 0 Å². The number of fused-ring (bicyclic) bond motifs is 1. The summed E-state index contributed by atoms with van der Waals surface area (Å²) in [6.45, 7) is 4.39. The number of thiophene rings is 1. The van der Waals surface area contributed by atoms with Crippen LogP contribution in [0.4, 0.5) is 34.1 Å². The van der Waals surface area contributed by atoms with E-state index in [0.29, 0.717) is 51.6 Å². The quantitative estimate of drug-likeness (QED) is 0.362. The molecule has 2 aromatic rings. The third kappa shape index (κ3) is 7.03. The van der Waals surface area contributed by atoms with Gasteiger partial charge in [0.05, 0.1) is 28.5 Å². The highest BCUT2D eigenvalue weighted by Gasteiger charge is 2.38. The largest absolute Gasteiger partial charge is 0.418 e. The molecule has 1 aromatic heterocycles. The van der Waals surface area contributed by atoms with Crippen molar-refractivity contribution in [2.45, 2.75) is 75.8 Å². The molecule has 4 N–H and O–H groups in total. The lowest BCUT2D eigenvalue weighted by atomic mass is 9.98. The van der Waals surface area contributed by atoms with Gasteiger partial charge >= 0.3 is 18.2 Å². The van der Waals surface area contributed by atoms with Gasteiger partial charge in [-0.2, -0.15) is 13.2 Å². The molecule has 15 heteroatoms. The number of anilines is 2. The molecule has 10 nitrogen and oxygen atoms in total. The summed E-state index contributed by atoms with van der Waals surface area (Å²) in [4.78, 5) is 47.8. The lowest BCUT2D eigenvalue weighted by molar-refractivity contribution is -0.137. The van der Waals surface area contributed by atoms with E-state index in [9.17, 15) is 27.6 Å². The molecule has 0 spiro atoms. The van der Waals surface area contributed by atoms with Gasteiger partial charge in [0, 0.05) is 55.6 Å². The Labute approximate surface area is 275 Å². The van der Waals surface area contributed by atoms with Crippen molar-refractivity contribution < 1.29 is 27.6 Å². The number of nitrogens with one attached hydrogen (secondary N) is 2. The van der Waals surface area contributed by atoms with Crippen LogP contribution in [0.2, 0.25) is 5.02 Å². The predicted octanol–water partition coefficient (Wildman–Crippen LogP) is 5.22. The second-order valence-corrected chi connectivity index (χ2v) is 13.8. The molecule has 0 aliphatic carbocycles. The van der Waals surface area contributed by atoms with Gasteiger partial charge in [-0.3, -0.25) is 4.79 Å². The number of likely N-dealkylation sites (tertiary alicyclic amines) is 3. The maximum atomic E-state index is 13.9. The van der Waals surface area contributed by atoms with Gasteiger partial charge in [-0.1, -0.05) is 11.6 Å².